The number of amides is 1. The van der Waals surface area contributed by atoms with E-state index in [1.54, 1.807) is 47.6 Å². The highest BCUT2D eigenvalue weighted by Gasteiger charge is 2.33. The van der Waals surface area contributed by atoms with E-state index >= 15 is 0 Å². The van der Waals surface area contributed by atoms with Crippen LogP contribution in [0.4, 0.5) is 11.4 Å². The highest BCUT2D eigenvalue weighted by molar-refractivity contribution is 6.08. The predicted molar refractivity (Wildman–Crippen MR) is 98.4 cm³/mol. The van der Waals surface area contributed by atoms with E-state index in [9.17, 15) is 4.79 Å². The maximum absolute atomic E-state index is 12.5. The third-order valence-electron chi connectivity index (χ3n) is 3.68. The third-order valence-corrected chi connectivity index (χ3v) is 3.68. The van der Waals surface area contributed by atoms with Gasteiger partial charge < -0.3 is 16.8 Å². The molecule has 1 aromatic carbocycles. The van der Waals surface area contributed by atoms with E-state index in [0.29, 0.717) is 16.9 Å². The van der Waals surface area contributed by atoms with E-state index in [-0.39, 0.29) is 17.8 Å². The molecule has 1 aromatic heterocycles. The maximum Gasteiger partial charge on any atom is 0.255 e. The first-order valence-electron chi connectivity index (χ1n) is 7.68. The number of anilines is 2. The molecule has 0 spiro atoms. The molecule has 0 unspecified atom stereocenters. The minimum absolute atomic E-state index is 0.129. The summed E-state index contributed by atoms with van der Waals surface area (Å²) in [5.74, 6) is 0.106. The third kappa shape index (κ3) is 3.42. The molecule has 0 fully saturated rings. The van der Waals surface area contributed by atoms with E-state index in [1.807, 2.05) is 19.9 Å². The molecule has 1 aliphatic rings. The molecule has 8 nitrogen and oxygen atoms in total. The predicted octanol–water partition coefficient (Wildman–Crippen LogP) is 1.52. The van der Waals surface area contributed by atoms with Gasteiger partial charge in [0.25, 0.3) is 5.91 Å². The van der Waals surface area contributed by atoms with Gasteiger partial charge in [-0.2, -0.15) is 4.99 Å². The Balaban J connectivity index is 1.89. The highest BCUT2D eigenvalue weighted by Crippen LogP contribution is 2.28. The molecular formula is C17H19N7O. The first-order chi connectivity index (χ1) is 11.9. The SMILES string of the molecule is CC1(C)N=C(N)N=C(N)N1c1cccc(C(=O)Nc2cccnc2)c1. The minimum Gasteiger partial charge on any atom is -0.369 e. The Hall–Kier alpha value is -3.42. The summed E-state index contributed by atoms with van der Waals surface area (Å²) in [5.41, 5.74) is 12.8. The molecule has 0 atom stereocenters. The molecule has 1 amide bonds. The van der Waals surface area contributed by atoms with Crippen molar-refractivity contribution in [1.82, 2.24) is 4.98 Å². The van der Waals surface area contributed by atoms with Crippen LogP contribution in [0.5, 0.6) is 0 Å². The minimum atomic E-state index is -0.714. The van der Waals surface area contributed by atoms with Crippen molar-refractivity contribution in [2.24, 2.45) is 21.5 Å². The lowest BCUT2D eigenvalue weighted by Gasteiger charge is -2.38. The first kappa shape index (κ1) is 16.4. The fourth-order valence-corrected chi connectivity index (χ4v) is 2.68. The molecule has 128 valence electrons. The average molecular weight is 337 g/mol. The van der Waals surface area contributed by atoms with Gasteiger partial charge in [0.15, 0.2) is 0 Å². The average Bonchev–Trinajstić information content (AvgIpc) is 2.54. The van der Waals surface area contributed by atoms with Crippen LogP contribution >= 0.6 is 0 Å². The van der Waals surface area contributed by atoms with Gasteiger partial charge in [-0.15, -0.1) is 0 Å². The van der Waals surface area contributed by atoms with Crippen LogP contribution in [-0.2, 0) is 0 Å². The molecule has 3 rings (SSSR count). The Kier molecular flexibility index (Phi) is 4.10. The van der Waals surface area contributed by atoms with Crippen molar-refractivity contribution in [3.8, 4) is 0 Å². The smallest absolute Gasteiger partial charge is 0.255 e. The molecule has 0 saturated carbocycles. The summed E-state index contributed by atoms with van der Waals surface area (Å²) in [6.45, 7) is 3.73. The zero-order valence-corrected chi connectivity index (χ0v) is 14.0. The van der Waals surface area contributed by atoms with E-state index in [0.717, 1.165) is 0 Å². The van der Waals surface area contributed by atoms with Crippen molar-refractivity contribution in [2.75, 3.05) is 10.2 Å². The van der Waals surface area contributed by atoms with Gasteiger partial charge in [0.2, 0.25) is 11.9 Å². The number of carbonyl (C=O) groups is 1. The van der Waals surface area contributed by atoms with Gasteiger partial charge in [0.05, 0.1) is 11.9 Å². The highest BCUT2D eigenvalue weighted by atomic mass is 16.1. The van der Waals surface area contributed by atoms with Crippen molar-refractivity contribution < 1.29 is 4.79 Å². The molecule has 0 saturated heterocycles. The molecule has 0 radical (unpaired) electrons. The number of aliphatic imine (C=N–C) groups is 2. The molecule has 1 aliphatic heterocycles. The van der Waals surface area contributed by atoms with Crippen molar-refractivity contribution in [3.05, 3.63) is 54.4 Å². The zero-order chi connectivity index (χ0) is 18.0. The largest absolute Gasteiger partial charge is 0.369 e. The molecule has 5 N–H and O–H groups in total. The molecule has 25 heavy (non-hydrogen) atoms. The van der Waals surface area contributed by atoms with Crippen LogP contribution in [0.1, 0.15) is 24.2 Å². The summed E-state index contributed by atoms with van der Waals surface area (Å²) >= 11 is 0. The normalized spacial score (nSPS) is 16.0. The van der Waals surface area contributed by atoms with Crippen LogP contribution in [0.3, 0.4) is 0 Å². The second kappa shape index (κ2) is 6.23. The standard InChI is InChI=1S/C17H19N7O/c1-17(2)23-15(18)22-16(19)24(17)13-7-3-5-11(9-13)14(25)21-12-6-4-8-20-10-12/h3-10H,1-2H3,(H,21,25)(H4,18,19,22,23). The number of pyridine rings is 1. The Morgan fingerprint density at radius 1 is 1.20 bits per heavy atom. The van der Waals surface area contributed by atoms with E-state index in [4.69, 9.17) is 11.5 Å². The van der Waals surface area contributed by atoms with Gasteiger partial charge in [-0.1, -0.05) is 6.07 Å². The lowest BCUT2D eigenvalue weighted by Crippen LogP contribution is -2.54. The second-order valence-electron chi connectivity index (χ2n) is 6.02. The van der Waals surface area contributed by atoms with Gasteiger partial charge >= 0.3 is 0 Å². The van der Waals surface area contributed by atoms with Crippen LogP contribution < -0.4 is 21.7 Å². The lowest BCUT2D eigenvalue weighted by atomic mass is 10.1. The quantitative estimate of drug-likeness (QED) is 0.784. The van der Waals surface area contributed by atoms with E-state index in [2.05, 4.69) is 20.3 Å². The van der Waals surface area contributed by atoms with Crippen LogP contribution in [-0.4, -0.2) is 28.5 Å². The Bertz CT molecular complexity index is 858. The van der Waals surface area contributed by atoms with E-state index < -0.39 is 5.66 Å². The van der Waals surface area contributed by atoms with Gasteiger partial charge in [0.1, 0.15) is 5.66 Å². The number of benzene rings is 1. The fourth-order valence-electron chi connectivity index (χ4n) is 2.68. The van der Waals surface area contributed by atoms with Crippen molar-refractivity contribution in [1.29, 1.82) is 0 Å². The zero-order valence-electron chi connectivity index (χ0n) is 14.0. The summed E-state index contributed by atoms with van der Waals surface area (Å²) in [6, 6.07) is 10.6. The van der Waals surface area contributed by atoms with Crippen LogP contribution in [0.25, 0.3) is 0 Å². The van der Waals surface area contributed by atoms with Gasteiger partial charge in [-0.05, 0) is 44.2 Å². The van der Waals surface area contributed by atoms with Crippen LogP contribution in [0.15, 0.2) is 58.8 Å². The number of rotatable bonds is 3. The maximum atomic E-state index is 12.5. The van der Waals surface area contributed by atoms with Crippen LogP contribution in [0, 0.1) is 0 Å². The van der Waals surface area contributed by atoms with Crippen molar-refractivity contribution in [3.63, 3.8) is 0 Å². The van der Waals surface area contributed by atoms with Gasteiger partial charge in [0, 0.05) is 17.4 Å². The summed E-state index contributed by atoms with van der Waals surface area (Å²) in [7, 11) is 0. The fraction of sp³-hybridized carbons (Fsp3) is 0.176. The summed E-state index contributed by atoms with van der Waals surface area (Å²) in [4.78, 5) is 26.5. The molecule has 2 aromatic rings. The van der Waals surface area contributed by atoms with E-state index in [1.165, 1.54) is 0 Å². The molecule has 2 heterocycles. The van der Waals surface area contributed by atoms with Gasteiger partial charge in [-0.25, -0.2) is 4.99 Å². The number of nitrogens with two attached hydrogens (primary N) is 2. The van der Waals surface area contributed by atoms with Crippen molar-refractivity contribution >= 4 is 29.2 Å². The Morgan fingerprint density at radius 2 is 2.00 bits per heavy atom. The summed E-state index contributed by atoms with van der Waals surface area (Å²) in [6.07, 6.45) is 3.22. The molecule has 0 bridgehead atoms. The number of nitrogens with one attached hydrogen (secondary N) is 1. The number of aromatic nitrogens is 1. The summed E-state index contributed by atoms with van der Waals surface area (Å²) < 4.78 is 0. The molecule has 8 heteroatoms. The first-order valence-corrected chi connectivity index (χ1v) is 7.68. The van der Waals surface area contributed by atoms with Crippen LogP contribution in [0.2, 0.25) is 0 Å². The molecule has 0 aliphatic carbocycles. The number of hydrogen-bond donors (Lipinski definition) is 3. The Morgan fingerprint density at radius 3 is 2.68 bits per heavy atom. The van der Waals surface area contributed by atoms with Crippen molar-refractivity contribution in [2.45, 2.75) is 19.5 Å². The number of guanidine groups is 2. The number of hydrogen-bond acceptors (Lipinski definition) is 7. The lowest BCUT2D eigenvalue weighted by molar-refractivity contribution is 0.102. The summed E-state index contributed by atoms with van der Waals surface area (Å²) in [5, 5.41) is 2.80. The molecular weight excluding hydrogens is 318 g/mol. The Labute approximate surface area is 145 Å². The second-order valence-corrected chi connectivity index (χ2v) is 6.02. The van der Waals surface area contributed by atoms with Gasteiger partial charge in [-0.3, -0.25) is 14.7 Å². The topological polar surface area (TPSA) is 122 Å². The number of carbonyl (C=O) groups excluding carboxylic acids is 1. The number of nitrogens with zero attached hydrogens (tertiary/aromatic N) is 4. The monoisotopic (exact) mass is 337 g/mol.